The van der Waals surface area contributed by atoms with Crippen LogP contribution in [0.25, 0.3) is 0 Å². The van der Waals surface area contributed by atoms with Gasteiger partial charge in [0.1, 0.15) is 11.8 Å². The van der Waals surface area contributed by atoms with E-state index in [0.717, 1.165) is 13.3 Å². The fraction of sp³-hybridized carbons (Fsp3) is 0.300. The lowest BCUT2D eigenvalue weighted by Gasteiger charge is -2.10. The van der Waals surface area contributed by atoms with Crippen molar-refractivity contribution in [1.29, 1.82) is 5.26 Å². The largest absolute Gasteiger partial charge is 0.465 e. The molecule has 1 rings (SSSR count). The van der Waals surface area contributed by atoms with Crippen LogP contribution in [0, 0.1) is 11.3 Å². The van der Waals surface area contributed by atoms with Crippen molar-refractivity contribution in [3.8, 4) is 6.07 Å². The quantitative estimate of drug-likeness (QED) is 0.636. The maximum atomic E-state index is 12.6. The van der Waals surface area contributed by atoms with Crippen LogP contribution in [-0.4, -0.2) is 18.1 Å². The first-order chi connectivity index (χ1) is 8.06. The van der Waals surface area contributed by atoms with Crippen LogP contribution in [0.2, 0.25) is 0 Å². The number of methoxy groups -OCH3 is 1. The zero-order valence-electron chi connectivity index (χ0n) is 8.71. The zero-order chi connectivity index (χ0) is 13.0. The summed E-state index contributed by atoms with van der Waals surface area (Å²) in [6.07, 6.45) is -1.88. The number of halogens is 3. The number of nitriles is 1. The fourth-order valence-electron chi connectivity index (χ4n) is 1.28. The van der Waals surface area contributed by atoms with Crippen molar-refractivity contribution in [2.24, 2.45) is 0 Å². The van der Waals surface area contributed by atoms with E-state index in [0.29, 0.717) is 0 Å². The van der Waals surface area contributed by atoms with E-state index in [-0.39, 0.29) is 22.0 Å². The van der Waals surface area contributed by atoms with Crippen LogP contribution < -0.4 is 0 Å². The second-order valence-electron chi connectivity index (χ2n) is 2.95. The molecule has 0 spiro atoms. The Balaban J connectivity index is 3.50. The van der Waals surface area contributed by atoms with E-state index >= 15 is 0 Å². The molecule has 0 aromatic carbocycles. The summed E-state index contributed by atoms with van der Waals surface area (Å²) in [5.74, 6) is -0.718. The normalized spacial score (nSPS) is 10.1. The molecule has 0 radical (unpaired) electrons. The lowest BCUT2D eigenvalue weighted by atomic mass is 10.0. The Labute approximate surface area is 104 Å². The van der Waals surface area contributed by atoms with Gasteiger partial charge in [0.05, 0.1) is 18.2 Å². The van der Waals surface area contributed by atoms with Crippen LogP contribution in [0.15, 0.2) is 6.20 Å². The molecule has 0 atom stereocenters. The molecular weight excluding hydrogens is 298 g/mol. The van der Waals surface area contributed by atoms with Crippen LogP contribution in [0.5, 0.6) is 0 Å². The Hall–Kier alpha value is -1.55. The predicted octanol–water partition coefficient (Wildman–Crippen LogP) is 2.57. The fourth-order valence-corrected chi connectivity index (χ4v) is 1.86. The maximum absolute atomic E-state index is 12.6. The summed E-state index contributed by atoms with van der Waals surface area (Å²) in [6, 6.07) is 1.64. The number of carbonyl (C=O) groups is 1. The van der Waals surface area contributed by atoms with Gasteiger partial charge in [-0.2, -0.15) is 5.26 Å². The minimum Gasteiger partial charge on any atom is -0.465 e. The molecule has 17 heavy (non-hydrogen) atoms. The van der Waals surface area contributed by atoms with E-state index in [9.17, 15) is 13.6 Å². The second kappa shape index (κ2) is 5.68. The van der Waals surface area contributed by atoms with Gasteiger partial charge < -0.3 is 4.74 Å². The van der Waals surface area contributed by atoms with Crippen molar-refractivity contribution < 1.29 is 18.3 Å². The Morgan fingerprint density at radius 2 is 2.35 bits per heavy atom. The molecule has 0 aliphatic heterocycles. The van der Waals surface area contributed by atoms with E-state index in [1.165, 1.54) is 0 Å². The van der Waals surface area contributed by atoms with Gasteiger partial charge in [-0.3, -0.25) is 4.98 Å². The number of carbonyl (C=O) groups excluding carboxylic acids is 1. The molecule has 4 nitrogen and oxygen atoms in total. The van der Waals surface area contributed by atoms with Crippen molar-refractivity contribution in [1.82, 2.24) is 4.98 Å². The molecule has 90 valence electrons. The molecule has 0 saturated heterocycles. The number of ether oxygens (including phenoxy) is 1. The molecule has 0 unspecified atom stereocenters. The summed E-state index contributed by atoms with van der Waals surface area (Å²) >= 11 is 3.05. The topological polar surface area (TPSA) is 63.0 Å². The highest BCUT2D eigenvalue weighted by Gasteiger charge is 2.23. The molecule has 0 N–H and O–H groups in total. The average molecular weight is 305 g/mol. The van der Waals surface area contributed by atoms with E-state index in [2.05, 4.69) is 25.7 Å². The van der Waals surface area contributed by atoms with Crippen molar-refractivity contribution in [3.05, 3.63) is 28.6 Å². The van der Waals surface area contributed by atoms with E-state index < -0.39 is 18.1 Å². The van der Waals surface area contributed by atoms with Gasteiger partial charge in [-0.25, -0.2) is 13.6 Å². The first-order valence-electron chi connectivity index (χ1n) is 4.41. The number of alkyl halides is 3. The molecule has 0 saturated carbocycles. The van der Waals surface area contributed by atoms with E-state index in [4.69, 9.17) is 5.26 Å². The van der Waals surface area contributed by atoms with Gasteiger partial charge >= 0.3 is 5.97 Å². The van der Waals surface area contributed by atoms with Crippen molar-refractivity contribution >= 4 is 21.9 Å². The SMILES string of the molecule is COC(=O)c1cnc(C(F)F)c(C#N)c1CBr. The standard InChI is InChI=1S/C10H7BrF2N2O2/c1-17-10(16)7-4-15-8(9(12)13)6(3-14)5(7)2-11/h4,9H,2H2,1H3. The monoisotopic (exact) mass is 304 g/mol. The van der Waals surface area contributed by atoms with Crippen LogP contribution in [0.1, 0.15) is 33.6 Å². The lowest BCUT2D eigenvalue weighted by Crippen LogP contribution is -2.10. The summed E-state index contributed by atoms with van der Waals surface area (Å²) in [5.41, 5.74) is -0.760. The van der Waals surface area contributed by atoms with Crippen molar-refractivity contribution in [2.75, 3.05) is 7.11 Å². The summed E-state index contributed by atoms with van der Waals surface area (Å²) in [4.78, 5) is 14.8. The molecule has 0 aliphatic rings. The molecule has 0 fully saturated rings. The zero-order valence-corrected chi connectivity index (χ0v) is 10.3. The Morgan fingerprint density at radius 1 is 1.71 bits per heavy atom. The number of hydrogen-bond acceptors (Lipinski definition) is 4. The predicted molar refractivity (Wildman–Crippen MR) is 57.9 cm³/mol. The van der Waals surface area contributed by atoms with Crippen LogP contribution >= 0.6 is 15.9 Å². The van der Waals surface area contributed by atoms with Crippen LogP contribution in [0.3, 0.4) is 0 Å². The number of pyridine rings is 1. The highest BCUT2D eigenvalue weighted by molar-refractivity contribution is 9.08. The molecule has 1 aromatic heterocycles. The molecular formula is C10H7BrF2N2O2. The average Bonchev–Trinajstić information content (AvgIpc) is 2.35. The second-order valence-corrected chi connectivity index (χ2v) is 3.51. The van der Waals surface area contributed by atoms with Crippen LogP contribution in [-0.2, 0) is 10.1 Å². The Kier molecular flexibility index (Phi) is 4.52. The minimum atomic E-state index is -2.87. The minimum absolute atomic E-state index is 0.00493. The molecule has 1 aromatic rings. The number of esters is 1. The van der Waals surface area contributed by atoms with Gasteiger partial charge in [-0.1, -0.05) is 15.9 Å². The summed E-state index contributed by atoms with van der Waals surface area (Å²) in [5, 5.41) is 8.95. The summed E-state index contributed by atoms with van der Waals surface area (Å²) in [7, 11) is 1.16. The van der Waals surface area contributed by atoms with Gasteiger partial charge in [-0.05, 0) is 5.56 Å². The number of hydrogen-bond donors (Lipinski definition) is 0. The number of nitrogens with zero attached hydrogens (tertiary/aromatic N) is 2. The molecule has 1 heterocycles. The third-order valence-corrected chi connectivity index (χ3v) is 2.63. The molecule has 0 bridgehead atoms. The Morgan fingerprint density at radius 3 is 2.76 bits per heavy atom. The van der Waals surface area contributed by atoms with E-state index in [1.54, 1.807) is 6.07 Å². The molecule has 7 heteroatoms. The van der Waals surface area contributed by atoms with E-state index in [1.807, 2.05) is 0 Å². The Bertz CT molecular complexity index is 486. The van der Waals surface area contributed by atoms with Crippen LogP contribution in [0.4, 0.5) is 8.78 Å². The van der Waals surface area contributed by atoms with Gasteiger partial charge in [0, 0.05) is 11.5 Å². The number of aromatic nitrogens is 1. The highest BCUT2D eigenvalue weighted by Crippen LogP contribution is 2.26. The lowest BCUT2D eigenvalue weighted by molar-refractivity contribution is 0.0598. The van der Waals surface area contributed by atoms with Gasteiger partial charge in [0.15, 0.2) is 0 Å². The molecule has 0 amide bonds. The van der Waals surface area contributed by atoms with Gasteiger partial charge in [0.2, 0.25) is 0 Å². The highest BCUT2D eigenvalue weighted by atomic mass is 79.9. The van der Waals surface area contributed by atoms with Gasteiger partial charge in [0.25, 0.3) is 6.43 Å². The van der Waals surface area contributed by atoms with Crippen molar-refractivity contribution in [2.45, 2.75) is 11.8 Å². The maximum Gasteiger partial charge on any atom is 0.339 e. The van der Waals surface area contributed by atoms with Gasteiger partial charge in [-0.15, -0.1) is 0 Å². The first kappa shape index (κ1) is 13.5. The number of rotatable bonds is 3. The molecule has 0 aliphatic carbocycles. The smallest absolute Gasteiger partial charge is 0.339 e. The third-order valence-electron chi connectivity index (χ3n) is 2.07. The summed E-state index contributed by atoms with van der Waals surface area (Å²) in [6.45, 7) is 0. The third kappa shape index (κ3) is 2.58. The first-order valence-corrected chi connectivity index (χ1v) is 5.53. The van der Waals surface area contributed by atoms with Crippen molar-refractivity contribution in [3.63, 3.8) is 0 Å². The summed E-state index contributed by atoms with van der Waals surface area (Å²) < 4.78 is 29.7.